The van der Waals surface area contributed by atoms with Crippen molar-refractivity contribution in [2.24, 2.45) is 4.99 Å². The van der Waals surface area contributed by atoms with Crippen LogP contribution in [0.15, 0.2) is 4.99 Å². The minimum atomic E-state index is -5.22. The molecule has 0 radical (unpaired) electrons. The molecular formula is C8H14NNa2O9P. The Bertz CT molecular complexity index is 388. The number of hydrogen-bond donors (Lipinski definition) is 4. The van der Waals surface area contributed by atoms with E-state index in [1.54, 1.807) is 0 Å². The van der Waals surface area contributed by atoms with E-state index in [0.717, 1.165) is 6.92 Å². The van der Waals surface area contributed by atoms with Crippen LogP contribution in [-0.2, 0) is 13.8 Å². The Kier molecular flexibility index (Phi) is 12.1. The van der Waals surface area contributed by atoms with Crippen molar-refractivity contribution >= 4 is 13.7 Å². The van der Waals surface area contributed by atoms with Crippen molar-refractivity contribution in [3.63, 3.8) is 0 Å². The molecule has 6 atom stereocenters. The molecule has 0 aromatic carbocycles. The van der Waals surface area contributed by atoms with Crippen molar-refractivity contribution < 1.29 is 103 Å². The Balaban J connectivity index is 0. The van der Waals surface area contributed by atoms with Crippen LogP contribution < -0.4 is 69.1 Å². The maximum Gasteiger partial charge on any atom is 1.00 e. The van der Waals surface area contributed by atoms with Crippen LogP contribution in [0.2, 0.25) is 0 Å². The molecule has 1 heterocycles. The Morgan fingerprint density at radius 3 is 2.29 bits per heavy atom. The van der Waals surface area contributed by atoms with Crippen LogP contribution in [0.4, 0.5) is 0 Å². The molecule has 13 heteroatoms. The van der Waals surface area contributed by atoms with Gasteiger partial charge in [-0.1, -0.05) is 0 Å². The summed E-state index contributed by atoms with van der Waals surface area (Å²) in [5, 5.41) is 39.1. The summed E-state index contributed by atoms with van der Waals surface area (Å²) in [4.78, 5) is 22.6. The summed E-state index contributed by atoms with van der Waals surface area (Å²) in [6.45, 7) is 0.295. The monoisotopic (exact) mass is 345 g/mol. The molecule has 4 N–H and O–H groups in total. The maximum atomic E-state index is 10.9. The number of aliphatic hydroxyl groups is 3. The summed E-state index contributed by atoms with van der Waals surface area (Å²) < 4.78 is 19.7. The van der Waals surface area contributed by atoms with Gasteiger partial charge >= 0.3 is 59.1 Å². The molecule has 0 spiro atoms. The van der Waals surface area contributed by atoms with Crippen molar-refractivity contribution in [2.75, 3.05) is 6.61 Å². The van der Waals surface area contributed by atoms with E-state index in [2.05, 4.69) is 9.52 Å². The Labute approximate surface area is 165 Å². The zero-order valence-corrected chi connectivity index (χ0v) is 16.7. The van der Waals surface area contributed by atoms with Crippen molar-refractivity contribution in [3.8, 4) is 0 Å². The van der Waals surface area contributed by atoms with Gasteiger partial charge in [0.25, 0.3) is 7.82 Å². The molecule has 10 nitrogen and oxygen atoms in total. The zero-order valence-electron chi connectivity index (χ0n) is 11.8. The Hall–Kier alpha value is 1.42. The smallest absolute Gasteiger partial charge is 0.862 e. The van der Waals surface area contributed by atoms with E-state index in [1.807, 2.05) is 0 Å². The fraction of sp³-hybridized carbons (Fsp3) is 0.875. The normalized spacial score (nSPS) is 36.1. The standard InChI is InChI=1S/C8H16NO9P.2Na/c1-3(11)9-5-7(13)6(12)4(2-10)17-8(5)18-19(14,15)16;;/h4-8,10,12-13H,2H2,1H3,(H,9,11)(H2,14,15,16);;/q;2*+1/p-2/t4-,5-,6-,7-,8-;;/m1../s1. The van der Waals surface area contributed by atoms with E-state index in [1.165, 1.54) is 0 Å². The van der Waals surface area contributed by atoms with Gasteiger partial charge in [-0.25, -0.2) is 0 Å². The van der Waals surface area contributed by atoms with Crippen LogP contribution in [-0.4, -0.2) is 63.4 Å². The number of hydrogen-bond acceptors (Lipinski definition) is 9. The van der Waals surface area contributed by atoms with Crippen LogP contribution in [0.1, 0.15) is 6.92 Å². The Morgan fingerprint density at radius 2 is 1.90 bits per heavy atom. The molecule has 1 saturated heterocycles. The van der Waals surface area contributed by atoms with Crippen LogP contribution >= 0.6 is 7.82 Å². The molecule has 0 aliphatic carbocycles. The van der Waals surface area contributed by atoms with Gasteiger partial charge < -0.3 is 34.9 Å². The van der Waals surface area contributed by atoms with Gasteiger partial charge in [-0.15, -0.1) is 0 Å². The minimum absolute atomic E-state index is 0. The number of nitrogens with zero attached hydrogens (tertiary/aromatic N) is 1. The number of phosphoric ester groups is 1. The second-order valence-corrected chi connectivity index (χ2v) is 5.07. The van der Waals surface area contributed by atoms with Gasteiger partial charge in [-0.2, -0.15) is 0 Å². The van der Waals surface area contributed by atoms with E-state index < -0.39 is 51.0 Å². The van der Waals surface area contributed by atoms with Crippen LogP contribution in [0.25, 0.3) is 0 Å². The predicted octanol–water partition coefficient (Wildman–Crippen LogP) is -9.94. The zero-order chi connectivity index (χ0) is 14.8. The molecule has 0 saturated carbocycles. The summed E-state index contributed by atoms with van der Waals surface area (Å²) in [5.41, 5.74) is 0. The summed E-state index contributed by atoms with van der Waals surface area (Å²) in [7, 11) is -5.22. The molecule has 0 amide bonds. The van der Waals surface area contributed by atoms with Gasteiger partial charge in [-0.05, 0) is 12.8 Å². The van der Waals surface area contributed by atoms with E-state index in [-0.39, 0.29) is 59.1 Å². The average Bonchev–Trinajstić information content (AvgIpc) is 2.26. The summed E-state index contributed by atoms with van der Waals surface area (Å²) in [5.74, 6) is -0.769. The number of phosphoric acid groups is 1. The molecule has 0 bridgehead atoms. The van der Waals surface area contributed by atoms with Crippen LogP contribution in [0.3, 0.4) is 0 Å². The molecule has 1 aliphatic heterocycles. The third-order valence-electron chi connectivity index (χ3n) is 2.42. The molecule has 1 aliphatic rings. The maximum absolute atomic E-state index is 10.9. The van der Waals surface area contributed by atoms with Crippen molar-refractivity contribution in [2.45, 2.75) is 37.6 Å². The first kappa shape index (κ1) is 24.7. The van der Waals surface area contributed by atoms with Crippen molar-refractivity contribution in [3.05, 3.63) is 0 Å². The predicted molar refractivity (Wildman–Crippen MR) is 55.6 cm³/mol. The van der Waals surface area contributed by atoms with Gasteiger partial charge in [0.1, 0.15) is 24.4 Å². The molecule has 0 aromatic heterocycles. The molecule has 1 rings (SSSR count). The topological polar surface area (TPSA) is 175 Å². The number of ether oxygens (including phenoxy) is 1. The van der Waals surface area contributed by atoms with Gasteiger partial charge in [0.2, 0.25) is 0 Å². The Morgan fingerprint density at radius 1 is 1.38 bits per heavy atom. The van der Waals surface area contributed by atoms with E-state index in [9.17, 15) is 24.8 Å². The van der Waals surface area contributed by atoms with Gasteiger partial charge in [0.05, 0.1) is 6.61 Å². The second-order valence-electron chi connectivity index (χ2n) is 3.92. The van der Waals surface area contributed by atoms with E-state index in [0.29, 0.717) is 0 Å². The largest absolute Gasteiger partial charge is 1.00 e. The van der Waals surface area contributed by atoms with E-state index in [4.69, 9.17) is 14.7 Å². The van der Waals surface area contributed by atoms with Gasteiger partial charge in [0.15, 0.2) is 6.29 Å². The van der Waals surface area contributed by atoms with Crippen LogP contribution in [0.5, 0.6) is 0 Å². The first-order valence-electron chi connectivity index (χ1n) is 5.21. The minimum Gasteiger partial charge on any atom is -0.862 e. The van der Waals surface area contributed by atoms with Gasteiger partial charge in [0, 0.05) is 0 Å². The molecule has 0 aromatic rings. The van der Waals surface area contributed by atoms with Crippen molar-refractivity contribution in [1.29, 1.82) is 0 Å². The summed E-state index contributed by atoms with van der Waals surface area (Å²) >= 11 is 0. The van der Waals surface area contributed by atoms with E-state index >= 15 is 0 Å². The quantitative estimate of drug-likeness (QED) is 0.167. The first-order valence-corrected chi connectivity index (χ1v) is 6.71. The molecule has 112 valence electrons. The fourth-order valence-corrected chi connectivity index (χ4v) is 2.07. The molecular weight excluding hydrogens is 331 g/mol. The molecule has 1 unspecified atom stereocenters. The third-order valence-corrected chi connectivity index (χ3v) is 2.89. The molecule has 1 fully saturated rings. The number of aliphatic hydroxyl groups excluding tert-OH is 3. The third kappa shape index (κ3) is 7.69. The SMILES string of the molecule is CC([O-])=N[C@H]1[C@@H](OP(=O)([O-])O)O[C@H](CO)[C@@H](O)[C@@H]1O.[Na+].[Na+]. The summed E-state index contributed by atoms with van der Waals surface area (Å²) in [6.07, 6.45) is -6.47. The molecule has 21 heavy (non-hydrogen) atoms. The average molecular weight is 345 g/mol. The van der Waals surface area contributed by atoms with Gasteiger partial charge in [-0.3, -0.25) is 14.1 Å². The number of aliphatic imine (C=N–C) groups is 1. The fourth-order valence-electron chi connectivity index (χ4n) is 1.63. The van der Waals surface area contributed by atoms with Crippen LogP contribution in [0, 0.1) is 0 Å². The second kappa shape index (κ2) is 10.3. The summed E-state index contributed by atoms with van der Waals surface area (Å²) in [6, 6.07) is -1.55. The first-order chi connectivity index (χ1) is 8.65. The number of rotatable bonds is 4. The van der Waals surface area contributed by atoms with Crippen molar-refractivity contribution in [1.82, 2.24) is 0 Å².